The summed E-state index contributed by atoms with van der Waals surface area (Å²) in [7, 11) is 1.84. The number of fused-ring (bicyclic) bond motifs is 1. The number of nitrogens with one attached hydrogen (secondary N) is 2. The number of nitrogens with zero attached hydrogens (tertiary/aromatic N) is 3. The first-order chi connectivity index (χ1) is 9.15. The summed E-state index contributed by atoms with van der Waals surface area (Å²) in [5, 5.41) is 14.2. The molecule has 0 aliphatic heterocycles. The van der Waals surface area contributed by atoms with Crippen LogP contribution in [-0.4, -0.2) is 31.9 Å². The number of carbonyl (C=O) groups is 1. The maximum Gasteiger partial charge on any atom is 0.254 e. The lowest BCUT2D eigenvalue weighted by molar-refractivity contribution is 0.0932. The fourth-order valence-electron chi connectivity index (χ4n) is 2.52. The molecule has 0 spiro atoms. The molecule has 2 aromatic heterocycles. The summed E-state index contributed by atoms with van der Waals surface area (Å²) >= 11 is 0. The zero-order chi connectivity index (χ0) is 13.4. The molecule has 0 saturated carbocycles. The predicted octanol–water partition coefficient (Wildman–Crippen LogP) is 0.739. The fourth-order valence-corrected chi connectivity index (χ4v) is 2.52. The van der Waals surface area contributed by atoms with Crippen molar-refractivity contribution in [1.29, 1.82) is 0 Å². The highest BCUT2D eigenvalue weighted by Gasteiger charge is 2.23. The van der Waals surface area contributed by atoms with E-state index in [9.17, 15) is 4.79 Å². The van der Waals surface area contributed by atoms with Crippen LogP contribution in [0.25, 0.3) is 0 Å². The Kier molecular flexibility index (Phi) is 2.85. The van der Waals surface area contributed by atoms with E-state index in [-0.39, 0.29) is 11.9 Å². The highest BCUT2D eigenvalue weighted by atomic mass is 16.1. The quantitative estimate of drug-likeness (QED) is 0.835. The Bertz CT molecular complexity index is 612. The van der Waals surface area contributed by atoms with E-state index in [1.54, 1.807) is 10.9 Å². The van der Waals surface area contributed by atoms with Gasteiger partial charge < -0.3 is 5.32 Å². The van der Waals surface area contributed by atoms with Crippen LogP contribution in [0.5, 0.6) is 0 Å². The maximum atomic E-state index is 12.2. The van der Waals surface area contributed by atoms with Crippen LogP contribution in [0.3, 0.4) is 0 Å². The smallest absolute Gasteiger partial charge is 0.254 e. The largest absolute Gasteiger partial charge is 0.349 e. The fraction of sp³-hybridized carbons (Fsp3) is 0.462. The molecule has 1 aliphatic rings. The Hall–Kier alpha value is -2.11. The third-order valence-electron chi connectivity index (χ3n) is 3.84. The summed E-state index contributed by atoms with van der Waals surface area (Å²) in [6.07, 6.45) is 6.23. The zero-order valence-corrected chi connectivity index (χ0v) is 11.1. The lowest BCUT2D eigenvalue weighted by atomic mass is 9.93. The van der Waals surface area contributed by atoms with Gasteiger partial charge in [-0.25, -0.2) is 0 Å². The van der Waals surface area contributed by atoms with Crippen LogP contribution in [0, 0.1) is 6.92 Å². The highest BCUT2D eigenvalue weighted by Crippen LogP contribution is 2.19. The van der Waals surface area contributed by atoms with Gasteiger partial charge in [0.15, 0.2) is 0 Å². The molecule has 6 nitrogen and oxygen atoms in total. The van der Waals surface area contributed by atoms with Crippen LogP contribution in [0.15, 0.2) is 12.4 Å². The first-order valence-electron chi connectivity index (χ1n) is 6.45. The van der Waals surface area contributed by atoms with Gasteiger partial charge in [0, 0.05) is 30.9 Å². The third-order valence-corrected chi connectivity index (χ3v) is 3.84. The van der Waals surface area contributed by atoms with Gasteiger partial charge in [-0.2, -0.15) is 10.2 Å². The molecule has 0 unspecified atom stereocenters. The first-order valence-corrected chi connectivity index (χ1v) is 6.45. The van der Waals surface area contributed by atoms with Gasteiger partial charge in [0.25, 0.3) is 5.91 Å². The maximum absolute atomic E-state index is 12.2. The van der Waals surface area contributed by atoms with Crippen LogP contribution in [-0.2, 0) is 19.9 Å². The van der Waals surface area contributed by atoms with Crippen LogP contribution in [0.2, 0.25) is 0 Å². The predicted molar refractivity (Wildman–Crippen MR) is 69.8 cm³/mol. The lowest BCUT2D eigenvalue weighted by Crippen LogP contribution is -2.39. The molecule has 0 bridgehead atoms. The molecule has 0 aromatic carbocycles. The van der Waals surface area contributed by atoms with Crippen molar-refractivity contribution in [2.45, 2.75) is 32.2 Å². The summed E-state index contributed by atoms with van der Waals surface area (Å²) in [5.41, 5.74) is 3.94. The number of aromatic amines is 1. The standard InChI is InChI=1S/C13H17N5O/c1-8-11(7-15-18(8)2)13(19)16-10-4-3-9-6-14-17-12(9)5-10/h6-7,10H,3-5H2,1-2H3,(H,14,17)(H,16,19)/t10-/m0/s1. The molecular weight excluding hydrogens is 242 g/mol. The Morgan fingerprint density at radius 1 is 1.53 bits per heavy atom. The Morgan fingerprint density at radius 3 is 3.11 bits per heavy atom. The van der Waals surface area contributed by atoms with Crippen molar-refractivity contribution in [2.75, 3.05) is 0 Å². The average Bonchev–Trinajstić information content (AvgIpc) is 2.97. The molecule has 6 heteroatoms. The minimum atomic E-state index is -0.0430. The number of amides is 1. The number of aryl methyl sites for hydroxylation is 2. The van der Waals surface area contributed by atoms with Crippen molar-refractivity contribution in [3.63, 3.8) is 0 Å². The molecule has 0 fully saturated rings. The van der Waals surface area contributed by atoms with E-state index in [0.717, 1.165) is 30.7 Å². The van der Waals surface area contributed by atoms with Gasteiger partial charge >= 0.3 is 0 Å². The molecule has 2 aromatic rings. The lowest BCUT2D eigenvalue weighted by Gasteiger charge is -2.22. The Labute approximate surface area is 111 Å². The summed E-state index contributed by atoms with van der Waals surface area (Å²) < 4.78 is 1.71. The molecule has 0 radical (unpaired) electrons. The normalized spacial score (nSPS) is 18.1. The summed E-state index contributed by atoms with van der Waals surface area (Å²) in [6, 6.07) is 0.167. The first kappa shape index (κ1) is 12.0. The molecule has 1 amide bonds. The van der Waals surface area contributed by atoms with Crippen LogP contribution in [0.4, 0.5) is 0 Å². The zero-order valence-electron chi connectivity index (χ0n) is 11.1. The van der Waals surface area contributed by atoms with Gasteiger partial charge in [-0.1, -0.05) is 0 Å². The van der Waals surface area contributed by atoms with E-state index in [0.29, 0.717) is 5.56 Å². The second-order valence-electron chi connectivity index (χ2n) is 5.05. The minimum Gasteiger partial charge on any atom is -0.349 e. The number of hydrogen-bond acceptors (Lipinski definition) is 3. The Balaban J connectivity index is 1.70. The van der Waals surface area contributed by atoms with Crippen LogP contribution in [0.1, 0.15) is 33.7 Å². The van der Waals surface area contributed by atoms with Crippen molar-refractivity contribution >= 4 is 5.91 Å². The van der Waals surface area contributed by atoms with E-state index in [1.807, 2.05) is 20.2 Å². The Morgan fingerprint density at radius 2 is 2.37 bits per heavy atom. The van der Waals surface area contributed by atoms with Gasteiger partial charge in [-0.05, 0) is 25.3 Å². The van der Waals surface area contributed by atoms with Crippen molar-refractivity contribution in [3.8, 4) is 0 Å². The van der Waals surface area contributed by atoms with Gasteiger partial charge in [-0.3, -0.25) is 14.6 Å². The van der Waals surface area contributed by atoms with Crippen molar-refractivity contribution < 1.29 is 4.79 Å². The molecule has 2 heterocycles. The van der Waals surface area contributed by atoms with Gasteiger partial charge in [0.1, 0.15) is 0 Å². The number of aromatic nitrogens is 4. The molecule has 3 rings (SSSR count). The topological polar surface area (TPSA) is 75.6 Å². The van der Waals surface area contributed by atoms with Crippen LogP contribution < -0.4 is 5.32 Å². The molecule has 19 heavy (non-hydrogen) atoms. The van der Waals surface area contributed by atoms with E-state index < -0.39 is 0 Å². The van der Waals surface area contributed by atoms with Crippen molar-refractivity contribution in [2.24, 2.45) is 7.05 Å². The van der Waals surface area contributed by atoms with Gasteiger partial charge in [0.05, 0.1) is 18.0 Å². The molecule has 1 atom stereocenters. The summed E-state index contributed by atoms with van der Waals surface area (Å²) in [6.45, 7) is 1.90. The molecule has 1 aliphatic carbocycles. The van der Waals surface area contributed by atoms with E-state index >= 15 is 0 Å². The van der Waals surface area contributed by atoms with E-state index in [2.05, 4.69) is 20.6 Å². The minimum absolute atomic E-state index is 0.0430. The third kappa shape index (κ3) is 2.14. The average molecular weight is 259 g/mol. The highest BCUT2D eigenvalue weighted by molar-refractivity contribution is 5.95. The molecule has 2 N–H and O–H groups in total. The number of rotatable bonds is 2. The van der Waals surface area contributed by atoms with E-state index in [1.165, 1.54) is 5.56 Å². The second kappa shape index (κ2) is 4.53. The van der Waals surface area contributed by atoms with Crippen LogP contribution >= 0.6 is 0 Å². The number of hydrogen-bond donors (Lipinski definition) is 2. The number of H-pyrrole nitrogens is 1. The van der Waals surface area contributed by atoms with Gasteiger partial charge in [-0.15, -0.1) is 0 Å². The molecular formula is C13H17N5O. The molecule has 100 valence electrons. The summed E-state index contributed by atoms with van der Waals surface area (Å²) in [4.78, 5) is 12.2. The second-order valence-corrected chi connectivity index (χ2v) is 5.05. The molecule has 0 saturated heterocycles. The summed E-state index contributed by atoms with van der Waals surface area (Å²) in [5.74, 6) is -0.0430. The van der Waals surface area contributed by atoms with Gasteiger partial charge in [0.2, 0.25) is 0 Å². The van der Waals surface area contributed by atoms with Crippen molar-refractivity contribution in [3.05, 3.63) is 34.9 Å². The van der Waals surface area contributed by atoms with Crippen molar-refractivity contribution in [1.82, 2.24) is 25.3 Å². The number of carbonyl (C=O) groups excluding carboxylic acids is 1. The monoisotopic (exact) mass is 259 g/mol. The SMILES string of the molecule is Cc1c(C(=O)N[C@H]2CCc3cn[nH]c3C2)cnn1C. The van der Waals surface area contributed by atoms with E-state index in [4.69, 9.17) is 0 Å².